The largest absolute Gasteiger partial charge is 0.469 e. The summed E-state index contributed by atoms with van der Waals surface area (Å²) in [6, 6.07) is 5.82. The van der Waals surface area contributed by atoms with Gasteiger partial charge in [0.2, 0.25) is 0 Å². The first-order valence-electron chi connectivity index (χ1n) is 4.87. The summed E-state index contributed by atoms with van der Waals surface area (Å²) in [5.41, 5.74) is 2.15. The molecule has 0 saturated carbocycles. The molecule has 0 saturated heterocycles. The Morgan fingerprint density at radius 1 is 1.53 bits per heavy atom. The van der Waals surface area contributed by atoms with E-state index >= 15 is 0 Å². The first-order valence-corrected chi connectivity index (χ1v) is 5.25. The molecule has 0 amide bonds. The summed E-state index contributed by atoms with van der Waals surface area (Å²) in [5.74, 6) is -0.0245. The smallest absolute Gasteiger partial charge is 0.306 e. The lowest BCUT2D eigenvalue weighted by Gasteiger charge is -2.11. The first kappa shape index (κ1) is 12.1. The summed E-state index contributed by atoms with van der Waals surface area (Å²) in [5, 5.41) is 0.754. The summed E-state index contributed by atoms with van der Waals surface area (Å²) < 4.78 is 4.63. The molecule has 0 radical (unpaired) electrons. The fourth-order valence-electron chi connectivity index (χ4n) is 1.43. The molecule has 0 fully saturated rings. The van der Waals surface area contributed by atoms with E-state index in [-0.39, 0.29) is 11.9 Å². The van der Waals surface area contributed by atoms with Gasteiger partial charge in [-0.2, -0.15) is 0 Å². The SMILES string of the molecule is COC(=O)CC(C)c1ccc(Cl)c(C)c1. The Labute approximate surface area is 95.2 Å². The Balaban J connectivity index is 2.78. The molecule has 0 heterocycles. The molecule has 1 aromatic rings. The van der Waals surface area contributed by atoms with Crippen molar-refractivity contribution in [3.05, 3.63) is 34.3 Å². The van der Waals surface area contributed by atoms with Crippen molar-refractivity contribution >= 4 is 17.6 Å². The second-order valence-electron chi connectivity index (χ2n) is 3.69. The van der Waals surface area contributed by atoms with Gasteiger partial charge in [-0.15, -0.1) is 0 Å². The van der Waals surface area contributed by atoms with Crippen molar-refractivity contribution in [3.8, 4) is 0 Å². The molecule has 82 valence electrons. The van der Waals surface area contributed by atoms with E-state index in [2.05, 4.69) is 4.74 Å². The number of carbonyl (C=O) groups excluding carboxylic acids is 1. The van der Waals surface area contributed by atoms with Crippen LogP contribution in [0.3, 0.4) is 0 Å². The van der Waals surface area contributed by atoms with Crippen LogP contribution in [0, 0.1) is 6.92 Å². The van der Waals surface area contributed by atoms with Gasteiger partial charge in [-0.1, -0.05) is 30.7 Å². The maximum atomic E-state index is 11.1. The second kappa shape index (κ2) is 5.17. The molecule has 0 aromatic heterocycles. The highest BCUT2D eigenvalue weighted by Gasteiger charge is 2.11. The summed E-state index contributed by atoms with van der Waals surface area (Å²) in [4.78, 5) is 11.1. The number of halogens is 1. The van der Waals surface area contributed by atoms with Crippen molar-refractivity contribution in [2.45, 2.75) is 26.2 Å². The van der Waals surface area contributed by atoms with Gasteiger partial charge < -0.3 is 4.74 Å². The van der Waals surface area contributed by atoms with Crippen LogP contribution < -0.4 is 0 Å². The zero-order valence-corrected chi connectivity index (χ0v) is 9.97. The van der Waals surface area contributed by atoms with Crippen LogP contribution in [-0.2, 0) is 9.53 Å². The van der Waals surface area contributed by atoms with E-state index in [1.54, 1.807) is 0 Å². The van der Waals surface area contributed by atoms with E-state index in [0.717, 1.165) is 16.1 Å². The van der Waals surface area contributed by atoms with Crippen molar-refractivity contribution in [2.24, 2.45) is 0 Å². The summed E-state index contributed by atoms with van der Waals surface area (Å²) >= 11 is 5.93. The van der Waals surface area contributed by atoms with Crippen molar-refractivity contribution in [2.75, 3.05) is 7.11 Å². The molecular weight excluding hydrogens is 212 g/mol. The van der Waals surface area contributed by atoms with E-state index in [4.69, 9.17) is 11.6 Å². The number of hydrogen-bond acceptors (Lipinski definition) is 2. The highest BCUT2D eigenvalue weighted by atomic mass is 35.5. The van der Waals surface area contributed by atoms with Gasteiger partial charge in [0.25, 0.3) is 0 Å². The standard InChI is InChI=1S/C12H15ClO2/c1-8(7-12(14)15-3)10-4-5-11(13)9(2)6-10/h4-6,8H,7H2,1-3H3. The number of rotatable bonds is 3. The van der Waals surface area contributed by atoms with Gasteiger partial charge in [0.15, 0.2) is 0 Å². The van der Waals surface area contributed by atoms with Crippen molar-refractivity contribution in [1.29, 1.82) is 0 Å². The minimum atomic E-state index is -0.185. The van der Waals surface area contributed by atoms with Crippen LogP contribution in [-0.4, -0.2) is 13.1 Å². The molecule has 0 bridgehead atoms. The lowest BCUT2D eigenvalue weighted by atomic mass is 9.96. The molecule has 0 spiro atoms. The Morgan fingerprint density at radius 2 is 2.20 bits per heavy atom. The van der Waals surface area contributed by atoms with Crippen molar-refractivity contribution in [1.82, 2.24) is 0 Å². The summed E-state index contributed by atoms with van der Waals surface area (Å²) in [7, 11) is 1.40. The zero-order chi connectivity index (χ0) is 11.4. The Bertz CT molecular complexity index is 361. The average molecular weight is 227 g/mol. The van der Waals surface area contributed by atoms with Gasteiger partial charge in [-0.05, 0) is 30.0 Å². The predicted molar refractivity (Wildman–Crippen MR) is 61.2 cm³/mol. The maximum absolute atomic E-state index is 11.1. The number of ether oxygens (including phenoxy) is 1. The molecule has 1 rings (SSSR count). The highest BCUT2D eigenvalue weighted by molar-refractivity contribution is 6.31. The minimum absolute atomic E-state index is 0.161. The predicted octanol–water partition coefficient (Wildman–Crippen LogP) is 3.32. The van der Waals surface area contributed by atoms with Crippen LogP contribution in [0.2, 0.25) is 5.02 Å². The number of aryl methyl sites for hydroxylation is 1. The normalized spacial score (nSPS) is 12.3. The lowest BCUT2D eigenvalue weighted by molar-refractivity contribution is -0.140. The molecule has 1 unspecified atom stereocenters. The third-order valence-corrected chi connectivity index (χ3v) is 2.88. The average Bonchev–Trinajstić information content (AvgIpc) is 2.21. The fraction of sp³-hybridized carbons (Fsp3) is 0.417. The third kappa shape index (κ3) is 3.24. The maximum Gasteiger partial charge on any atom is 0.306 e. The number of carbonyl (C=O) groups is 1. The molecule has 0 N–H and O–H groups in total. The van der Waals surface area contributed by atoms with Gasteiger partial charge in [-0.25, -0.2) is 0 Å². The van der Waals surface area contributed by atoms with E-state index in [1.807, 2.05) is 32.0 Å². The highest BCUT2D eigenvalue weighted by Crippen LogP contribution is 2.24. The van der Waals surface area contributed by atoms with Gasteiger partial charge in [0.1, 0.15) is 0 Å². The van der Waals surface area contributed by atoms with Gasteiger partial charge in [-0.3, -0.25) is 4.79 Å². The fourth-order valence-corrected chi connectivity index (χ4v) is 1.54. The van der Waals surface area contributed by atoms with Gasteiger partial charge >= 0.3 is 5.97 Å². The number of esters is 1. The molecule has 3 heteroatoms. The van der Waals surface area contributed by atoms with Crippen molar-refractivity contribution < 1.29 is 9.53 Å². The Hall–Kier alpha value is -1.02. The van der Waals surface area contributed by atoms with Crippen LogP contribution >= 0.6 is 11.6 Å². The monoisotopic (exact) mass is 226 g/mol. The van der Waals surface area contributed by atoms with Crippen LogP contribution in [0.25, 0.3) is 0 Å². The molecule has 0 aliphatic heterocycles. The van der Waals surface area contributed by atoms with E-state index in [0.29, 0.717) is 6.42 Å². The second-order valence-corrected chi connectivity index (χ2v) is 4.10. The van der Waals surface area contributed by atoms with Crippen LogP contribution in [0.4, 0.5) is 0 Å². The number of hydrogen-bond donors (Lipinski definition) is 0. The van der Waals surface area contributed by atoms with Crippen molar-refractivity contribution in [3.63, 3.8) is 0 Å². The Kier molecular flexibility index (Phi) is 4.15. The van der Waals surface area contributed by atoms with Crippen LogP contribution in [0.5, 0.6) is 0 Å². The minimum Gasteiger partial charge on any atom is -0.469 e. The lowest BCUT2D eigenvalue weighted by Crippen LogP contribution is -2.06. The molecule has 0 aliphatic rings. The van der Waals surface area contributed by atoms with Crippen LogP contribution in [0.15, 0.2) is 18.2 Å². The zero-order valence-electron chi connectivity index (χ0n) is 9.21. The topological polar surface area (TPSA) is 26.3 Å². The van der Waals surface area contributed by atoms with Crippen LogP contribution in [0.1, 0.15) is 30.4 Å². The number of benzene rings is 1. The first-order chi connectivity index (χ1) is 7.04. The quantitative estimate of drug-likeness (QED) is 0.740. The molecule has 0 aliphatic carbocycles. The van der Waals surface area contributed by atoms with E-state index < -0.39 is 0 Å². The molecular formula is C12H15ClO2. The molecule has 15 heavy (non-hydrogen) atoms. The molecule has 1 atom stereocenters. The molecule has 1 aromatic carbocycles. The molecule has 2 nitrogen and oxygen atoms in total. The van der Waals surface area contributed by atoms with E-state index in [1.165, 1.54) is 7.11 Å². The number of methoxy groups -OCH3 is 1. The van der Waals surface area contributed by atoms with Gasteiger partial charge in [0, 0.05) is 5.02 Å². The van der Waals surface area contributed by atoms with E-state index in [9.17, 15) is 4.79 Å². The Morgan fingerprint density at radius 3 is 2.73 bits per heavy atom. The summed E-state index contributed by atoms with van der Waals surface area (Å²) in [6.07, 6.45) is 0.400. The third-order valence-electron chi connectivity index (χ3n) is 2.45. The van der Waals surface area contributed by atoms with Gasteiger partial charge in [0.05, 0.1) is 13.5 Å². The summed E-state index contributed by atoms with van der Waals surface area (Å²) in [6.45, 7) is 3.95.